The van der Waals surface area contributed by atoms with Crippen molar-refractivity contribution >= 4 is 21.6 Å². The number of benzene rings is 1. The van der Waals surface area contributed by atoms with Gasteiger partial charge in [0.05, 0.1) is 11.3 Å². The van der Waals surface area contributed by atoms with Gasteiger partial charge in [0.2, 0.25) is 0 Å². The zero-order valence-electron chi connectivity index (χ0n) is 10.3. The van der Waals surface area contributed by atoms with Gasteiger partial charge in [-0.1, -0.05) is 6.92 Å². The number of alkyl halides is 3. The molecule has 0 heterocycles. The van der Waals surface area contributed by atoms with Gasteiger partial charge in [-0.15, -0.1) is 0 Å². The highest BCUT2D eigenvalue weighted by molar-refractivity contribution is 9.10. The van der Waals surface area contributed by atoms with E-state index in [0.29, 0.717) is 4.47 Å². The standard InChI is InChI=1S/C12H16BrF3N2/c1-3-17-6-7-18(2)11-5-4-9(8-10(11)13)12(14,15)16/h4-5,8,17H,3,6-7H2,1-2H3. The lowest BCUT2D eigenvalue weighted by Crippen LogP contribution is -2.29. The van der Waals surface area contributed by atoms with Gasteiger partial charge in [0.1, 0.15) is 0 Å². The van der Waals surface area contributed by atoms with Gasteiger partial charge < -0.3 is 10.2 Å². The van der Waals surface area contributed by atoms with Crippen LogP contribution in [-0.4, -0.2) is 26.7 Å². The monoisotopic (exact) mass is 324 g/mol. The van der Waals surface area contributed by atoms with E-state index in [-0.39, 0.29) is 0 Å². The third kappa shape index (κ3) is 4.17. The van der Waals surface area contributed by atoms with Gasteiger partial charge in [0.15, 0.2) is 0 Å². The van der Waals surface area contributed by atoms with E-state index in [4.69, 9.17) is 0 Å². The Morgan fingerprint density at radius 2 is 2.00 bits per heavy atom. The Morgan fingerprint density at radius 3 is 2.50 bits per heavy atom. The van der Waals surface area contributed by atoms with E-state index in [1.54, 1.807) is 0 Å². The van der Waals surface area contributed by atoms with Gasteiger partial charge in [-0.05, 0) is 40.7 Å². The Morgan fingerprint density at radius 1 is 1.33 bits per heavy atom. The topological polar surface area (TPSA) is 15.3 Å². The van der Waals surface area contributed by atoms with Crippen LogP contribution in [0.4, 0.5) is 18.9 Å². The first-order chi connectivity index (χ1) is 8.36. The molecule has 0 aliphatic heterocycles. The van der Waals surface area contributed by atoms with Crippen LogP contribution in [0.25, 0.3) is 0 Å². The summed E-state index contributed by atoms with van der Waals surface area (Å²) in [5, 5.41) is 3.17. The predicted molar refractivity (Wildman–Crippen MR) is 71.0 cm³/mol. The van der Waals surface area contributed by atoms with Gasteiger partial charge in [-0.25, -0.2) is 0 Å². The molecule has 0 bridgehead atoms. The average Bonchev–Trinajstić information content (AvgIpc) is 2.27. The minimum absolute atomic E-state index is 0.455. The number of nitrogens with zero attached hydrogens (tertiary/aromatic N) is 1. The summed E-state index contributed by atoms with van der Waals surface area (Å²) < 4.78 is 38.0. The second kappa shape index (κ2) is 6.43. The first-order valence-electron chi connectivity index (χ1n) is 5.65. The molecule has 0 radical (unpaired) electrons. The zero-order valence-corrected chi connectivity index (χ0v) is 11.9. The van der Waals surface area contributed by atoms with Gasteiger partial charge >= 0.3 is 6.18 Å². The highest BCUT2D eigenvalue weighted by Crippen LogP contribution is 2.34. The summed E-state index contributed by atoms with van der Waals surface area (Å²) in [6.07, 6.45) is -4.30. The van der Waals surface area contributed by atoms with E-state index in [1.165, 1.54) is 6.07 Å². The van der Waals surface area contributed by atoms with Gasteiger partial charge in [0.25, 0.3) is 0 Å². The Balaban J connectivity index is 2.79. The molecule has 1 aromatic rings. The zero-order chi connectivity index (χ0) is 13.8. The highest BCUT2D eigenvalue weighted by atomic mass is 79.9. The lowest BCUT2D eigenvalue weighted by atomic mass is 10.2. The molecule has 0 spiro atoms. The molecule has 1 rings (SSSR count). The largest absolute Gasteiger partial charge is 0.416 e. The summed E-state index contributed by atoms with van der Waals surface area (Å²) in [5.41, 5.74) is 0.110. The average molecular weight is 325 g/mol. The Hall–Kier alpha value is -0.750. The van der Waals surface area contributed by atoms with Crippen molar-refractivity contribution < 1.29 is 13.2 Å². The van der Waals surface area contributed by atoms with E-state index in [1.807, 2.05) is 18.9 Å². The molecule has 1 N–H and O–H groups in total. The molecule has 0 aliphatic rings. The summed E-state index contributed by atoms with van der Waals surface area (Å²) in [6, 6.07) is 3.70. The van der Waals surface area contributed by atoms with Crippen LogP contribution in [-0.2, 0) is 6.18 Å². The van der Waals surface area contributed by atoms with Crippen LogP contribution in [0.5, 0.6) is 0 Å². The van der Waals surface area contributed by atoms with Crippen molar-refractivity contribution in [3.05, 3.63) is 28.2 Å². The minimum atomic E-state index is -4.30. The lowest BCUT2D eigenvalue weighted by Gasteiger charge is -2.21. The molecule has 0 atom stereocenters. The minimum Gasteiger partial charge on any atom is -0.372 e. The third-order valence-electron chi connectivity index (χ3n) is 2.56. The van der Waals surface area contributed by atoms with Crippen LogP contribution in [0.1, 0.15) is 12.5 Å². The summed E-state index contributed by atoms with van der Waals surface area (Å²) in [5.74, 6) is 0. The molecule has 102 valence electrons. The first-order valence-corrected chi connectivity index (χ1v) is 6.44. The van der Waals surface area contributed by atoms with Gasteiger partial charge in [-0.3, -0.25) is 0 Å². The molecule has 0 fully saturated rings. The maximum atomic E-state index is 12.5. The maximum Gasteiger partial charge on any atom is 0.416 e. The van der Waals surface area contributed by atoms with Crippen molar-refractivity contribution in [2.45, 2.75) is 13.1 Å². The third-order valence-corrected chi connectivity index (χ3v) is 3.20. The number of likely N-dealkylation sites (N-methyl/N-ethyl adjacent to an activating group) is 2. The molecule has 0 unspecified atom stereocenters. The number of hydrogen-bond donors (Lipinski definition) is 1. The molecule has 0 saturated carbocycles. The van der Waals surface area contributed by atoms with Crippen LogP contribution in [0.3, 0.4) is 0 Å². The summed E-state index contributed by atoms with van der Waals surface area (Å²) in [6.45, 7) is 4.41. The fraction of sp³-hybridized carbons (Fsp3) is 0.500. The Bertz CT molecular complexity index is 393. The number of nitrogens with one attached hydrogen (secondary N) is 1. The maximum absolute atomic E-state index is 12.5. The molecule has 0 saturated heterocycles. The van der Waals surface area contributed by atoms with Crippen LogP contribution in [0.15, 0.2) is 22.7 Å². The van der Waals surface area contributed by atoms with Crippen LogP contribution in [0.2, 0.25) is 0 Å². The van der Waals surface area contributed by atoms with Crippen LogP contribution in [0, 0.1) is 0 Å². The molecule has 2 nitrogen and oxygen atoms in total. The fourth-order valence-electron chi connectivity index (χ4n) is 1.54. The quantitative estimate of drug-likeness (QED) is 0.834. The van der Waals surface area contributed by atoms with Crippen molar-refractivity contribution in [3.8, 4) is 0 Å². The Labute approximate surface area is 113 Å². The molecular weight excluding hydrogens is 309 g/mol. The first kappa shape index (κ1) is 15.3. The number of anilines is 1. The van der Waals surface area contributed by atoms with E-state index in [0.717, 1.165) is 37.5 Å². The van der Waals surface area contributed by atoms with E-state index in [9.17, 15) is 13.2 Å². The van der Waals surface area contributed by atoms with Gasteiger partial charge in [-0.2, -0.15) is 13.2 Å². The molecule has 0 amide bonds. The molecule has 6 heteroatoms. The SMILES string of the molecule is CCNCCN(C)c1ccc(C(F)(F)F)cc1Br. The van der Waals surface area contributed by atoms with Crippen LogP contribution < -0.4 is 10.2 Å². The normalized spacial score (nSPS) is 11.7. The van der Waals surface area contributed by atoms with Crippen molar-refractivity contribution in [1.29, 1.82) is 0 Å². The van der Waals surface area contributed by atoms with E-state index >= 15 is 0 Å². The number of hydrogen-bond acceptors (Lipinski definition) is 2. The second-order valence-corrected chi connectivity index (χ2v) is 4.79. The van der Waals surface area contributed by atoms with E-state index < -0.39 is 11.7 Å². The molecular formula is C12H16BrF3N2. The summed E-state index contributed by atoms with van der Waals surface area (Å²) >= 11 is 3.19. The van der Waals surface area contributed by atoms with Crippen LogP contribution >= 0.6 is 15.9 Å². The summed E-state index contributed by atoms with van der Waals surface area (Å²) in [7, 11) is 1.85. The summed E-state index contributed by atoms with van der Waals surface area (Å²) in [4.78, 5) is 1.91. The van der Waals surface area contributed by atoms with Gasteiger partial charge in [0, 0.05) is 24.6 Å². The van der Waals surface area contributed by atoms with Crippen molar-refractivity contribution in [3.63, 3.8) is 0 Å². The number of rotatable bonds is 5. The number of halogens is 4. The van der Waals surface area contributed by atoms with Crippen molar-refractivity contribution in [2.24, 2.45) is 0 Å². The van der Waals surface area contributed by atoms with Crippen molar-refractivity contribution in [1.82, 2.24) is 5.32 Å². The predicted octanol–water partition coefficient (Wildman–Crippen LogP) is 3.51. The van der Waals surface area contributed by atoms with Crippen molar-refractivity contribution in [2.75, 3.05) is 31.6 Å². The highest BCUT2D eigenvalue weighted by Gasteiger charge is 2.30. The molecule has 0 aliphatic carbocycles. The molecule has 0 aromatic heterocycles. The Kier molecular flexibility index (Phi) is 5.47. The van der Waals surface area contributed by atoms with E-state index in [2.05, 4.69) is 21.2 Å². The fourth-order valence-corrected chi connectivity index (χ4v) is 2.22. The molecule has 18 heavy (non-hydrogen) atoms. The smallest absolute Gasteiger partial charge is 0.372 e. The second-order valence-electron chi connectivity index (χ2n) is 3.94. The molecule has 1 aromatic carbocycles. The lowest BCUT2D eigenvalue weighted by molar-refractivity contribution is -0.137.